The number of nitrogen functional groups attached to an aromatic ring is 1. The van der Waals surface area contributed by atoms with E-state index >= 15 is 0 Å². The number of carbonyl (C=O) groups is 1. The minimum atomic E-state index is -0.290. The Labute approximate surface area is 117 Å². The normalized spacial score (nSPS) is 10.5. The highest BCUT2D eigenvalue weighted by Crippen LogP contribution is 2.15. The number of hydrogen-bond acceptors (Lipinski definition) is 4. The van der Waals surface area contributed by atoms with Crippen LogP contribution in [0.1, 0.15) is 22.5 Å². The molecule has 1 amide bonds. The summed E-state index contributed by atoms with van der Waals surface area (Å²) in [4.78, 5) is 12.2. The summed E-state index contributed by atoms with van der Waals surface area (Å²) in [6.45, 7) is 0.155. The van der Waals surface area contributed by atoms with E-state index in [2.05, 4.69) is 10.4 Å². The molecule has 1 aromatic heterocycles. The lowest BCUT2D eigenvalue weighted by molar-refractivity contribution is 0.101. The first-order valence-corrected chi connectivity index (χ1v) is 6.40. The van der Waals surface area contributed by atoms with Gasteiger partial charge in [0.2, 0.25) is 0 Å². The van der Waals surface area contributed by atoms with Crippen LogP contribution in [0.4, 0.5) is 11.4 Å². The molecule has 6 heteroatoms. The fourth-order valence-electron chi connectivity index (χ4n) is 2.01. The lowest BCUT2D eigenvalue weighted by Gasteiger charge is -2.08. The molecule has 2 rings (SSSR count). The number of hydrogen-bond donors (Lipinski definition) is 3. The van der Waals surface area contributed by atoms with Gasteiger partial charge >= 0.3 is 0 Å². The molecule has 4 N–H and O–H groups in total. The third kappa shape index (κ3) is 3.16. The van der Waals surface area contributed by atoms with Crippen LogP contribution >= 0.6 is 0 Å². The summed E-state index contributed by atoms with van der Waals surface area (Å²) < 4.78 is 1.44. The van der Waals surface area contributed by atoms with Gasteiger partial charge in [0.25, 0.3) is 5.91 Å². The zero-order valence-electron chi connectivity index (χ0n) is 11.3. The van der Waals surface area contributed by atoms with Crippen LogP contribution in [-0.2, 0) is 13.5 Å². The predicted molar refractivity (Wildman–Crippen MR) is 77.4 cm³/mol. The minimum absolute atomic E-state index is 0.155. The van der Waals surface area contributed by atoms with Crippen molar-refractivity contribution < 1.29 is 9.90 Å². The fourth-order valence-corrected chi connectivity index (χ4v) is 2.01. The SMILES string of the molecule is Cn1ncc(N)c1C(=O)Nc1cccc(CCCO)c1. The molecule has 2 aromatic rings. The number of rotatable bonds is 5. The van der Waals surface area contributed by atoms with E-state index in [4.69, 9.17) is 10.8 Å². The third-order valence-electron chi connectivity index (χ3n) is 2.99. The molecule has 0 aliphatic heterocycles. The standard InChI is InChI=1S/C14H18N4O2/c1-18-13(12(15)9-16-18)14(20)17-11-6-2-4-10(8-11)5-3-7-19/h2,4,6,8-9,19H,3,5,7,15H2,1H3,(H,17,20). The van der Waals surface area contributed by atoms with Crippen molar-refractivity contribution in [2.24, 2.45) is 7.05 Å². The van der Waals surface area contributed by atoms with E-state index in [1.54, 1.807) is 7.05 Å². The molecule has 0 bridgehead atoms. The Morgan fingerprint density at radius 2 is 2.30 bits per heavy atom. The van der Waals surface area contributed by atoms with Crippen LogP contribution in [0.2, 0.25) is 0 Å². The topological polar surface area (TPSA) is 93.2 Å². The van der Waals surface area contributed by atoms with Crippen LogP contribution in [0.15, 0.2) is 30.5 Å². The van der Waals surface area contributed by atoms with Crippen molar-refractivity contribution in [1.29, 1.82) is 0 Å². The Morgan fingerprint density at radius 1 is 1.50 bits per heavy atom. The average Bonchev–Trinajstić information content (AvgIpc) is 2.76. The van der Waals surface area contributed by atoms with Crippen LogP contribution in [0, 0.1) is 0 Å². The van der Waals surface area contributed by atoms with Crippen molar-refractivity contribution in [2.45, 2.75) is 12.8 Å². The highest BCUT2D eigenvalue weighted by molar-refractivity contribution is 6.06. The molecule has 0 saturated carbocycles. The molecule has 0 unspecified atom stereocenters. The molecule has 1 heterocycles. The number of nitrogens with zero attached hydrogens (tertiary/aromatic N) is 2. The largest absolute Gasteiger partial charge is 0.396 e. The molecule has 0 saturated heterocycles. The number of aliphatic hydroxyl groups is 1. The third-order valence-corrected chi connectivity index (χ3v) is 2.99. The van der Waals surface area contributed by atoms with Gasteiger partial charge in [-0.3, -0.25) is 9.48 Å². The van der Waals surface area contributed by atoms with E-state index in [-0.39, 0.29) is 12.5 Å². The summed E-state index contributed by atoms with van der Waals surface area (Å²) in [6, 6.07) is 7.53. The van der Waals surface area contributed by atoms with Crippen molar-refractivity contribution in [3.8, 4) is 0 Å². The van der Waals surface area contributed by atoms with Crippen LogP contribution in [0.3, 0.4) is 0 Å². The molecule has 0 fully saturated rings. The molecule has 1 aromatic carbocycles. The van der Waals surface area contributed by atoms with Crippen molar-refractivity contribution >= 4 is 17.3 Å². The van der Waals surface area contributed by atoms with Gasteiger partial charge in [-0.1, -0.05) is 12.1 Å². The van der Waals surface area contributed by atoms with Crippen LogP contribution < -0.4 is 11.1 Å². The predicted octanol–water partition coefficient (Wildman–Crippen LogP) is 1.18. The quantitative estimate of drug-likeness (QED) is 0.763. The first-order chi connectivity index (χ1) is 9.61. The van der Waals surface area contributed by atoms with Crippen molar-refractivity contribution in [1.82, 2.24) is 9.78 Å². The monoisotopic (exact) mass is 274 g/mol. The summed E-state index contributed by atoms with van der Waals surface area (Å²) in [5.41, 5.74) is 8.17. The van der Waals surface area contributed by atoms with E-state index in [1.807, 2.05) is 24.3 Å². The second-order valence-electron chi connectivity index (χ2n) is 4.55. The molecule has 0 radical (unpaired) electrons. The molecule has 0 aliphatic carbocycles. The molecule has 6 nitrogen and oxygen atoms in total. The van der Waals surface area contributed by atoms with Crippen LogP contribution in [0.25, 0.3) is 0 Å². The molecule has 0 aliphatic rings. The number of aromatic nitrogens is 2. The van der Waals surface area contributed by atoms with Crippen LogP contribution in [0.5, 0.6) is 0 Å². The van der Waals surface area contributed by atoms with Gasteiger partial charge in [-0.25, -0.2) is 0 Å². The minimum Gasteiger partial charge on any atom is -0.396 e. The van der Waals surface area contributed by atoms with Gasteiger partial charge < -0.3 is 16.2 Å². The van der Waals surface area contributed by atoms with E-state index < -0.39 is 0 Å². The van der Waals surface area contributed by atoms with Crippen LogP contribution in [-0.4, -0.2) is 27.4 Å². The maximum Gasteiger partial charge on any atom is 0.276 e. The van der Waals surface area contributed by atoms with Gasteiger partial charge in [0.1, 0.15) is 5.69 Å². The Bertz CT molecular complexity index is 587. The summed E-state index contributed by atoms with van der Waals surface area (Å²) in [7, 11) is 1.67. The maximum absolute atomic E-state index is 12.2. The number of nitrogens with two attached hydrogens (primary N) is 1. The Hall–Kier alpha value is -2.34. The first kappa shape index (κ1) is 14.1. The number of amides is 1. The zero-order valence-corrected chi connectivity index (χ0v) is 11.3. The van der Waals surface area contributed by atoms with Gasteiger partial charge in [-0.2, -0.15) is 5.10 Å². The highest BCUT2D eigenvalue weighted by atomic mass is 16.2. The van der Waals surface area contributed by atoms with Gasteiger partial charge in [0, 0.05) is 19.3 Å². The number of anilines is 2. The van der Waals surface area contributed by atoms with E-state index in [1.165, 1.54) is 10.9 Å². The summed E-state index contributed by atoms with van der Waals surface area (Å²) in [5.74, 6) is -0.290. The second kappa shape index (κ2) is 6.21. The second-order valence-corrected chi connectivity index (χ2v) is 4.55. The van der Waals surface area contributed by atoms with E-state index in [0.717, 1.165) is 12.0 Å². The van der Waals surface area contributed by atoms with Gasteiger partial charge in [0.05, 0.1) is 11.9 Å². The summed E-state index contributed by atoms with van der Waals surface area (Å²) >= 11 is 0. The lowest BCUT2D eigenvalue weighted by Crippen LogP contribution is -2.17. The number of carbonyl (C=O) groups excluding carboxylic acids is 1. The van der Waals surface area contributed by atoms with E-state index in [9.17, 15) is 4.79 Å². The maximum atomic E-state index is 12.2. The van der Waals surface area contributed by atoms with Crippen molar-refractivity contribution in [3.05, 3.63) is 41.7 Å². The molecule has 0 atom stereocenters. The number of nitrogens with one attached hydrogen (secondary N) is 1. The van der Waals surface area contributed by atoms with Gasteiger partial charge in [0.15, 0.2) is 0 Å². The molecule has 20 heavy (non-hydrogen) atoms. The summed E-state index contributed by atoms with van der Waals surface area (Å²) in [6.07, 6.45) is 2.92. The van der Waals surface area contributed by atoms with Crippen molar-refractivity contribution in [2.75, 3.05) is 17.7 Å². The Kier molecular flexibility index (Phi) is 4.37. The number of benzene rings is 1. The lowest BCUT2D eigenvalue weighted by atomic mass is 10.1. The Morgan fingerprint density at radius 3 is 2.95 bits per heavy atom. The number of aryl methyl sites for hydroxylation is 2. The highest BCUT2D eigenvalue weighted by Gasteiger charge is 2.14. The molecular weight excluding hydrogens is 256 g/mol. The molecule has 106 valence electrons. The smallest absolute Gasteiger partial charge is 0.276 e. The van der Waals surface area contributed by atoms with E-state index in [0.29, 0.717) is 23.5 Å². The molecule has 0 spiro atoms. The zero-order chi connectivity index (χ0) is 14.5. The van der Waals surface area contributed by atoms with Gasteiger partial charge in [-0.15, -0.1) is 0 Å². The summed E-state index contributed by atoms with van der Waals surface area (Å²) in [5, 5.41) is 15.6. The first-order valence-electron chi connectivity index (χ1n) is 6.40. The Balaban J connectivity index is 2.12. The fraction of sp³-hybridized carbons (Fsp3) is 0.286. The van der Waals surface area contributed by atoms with Crippen molar-refractivity contribution in [3.63, 3.8) is 0 Å². The molecular formula is C14H18N4O2. The number of aliphatic hydroxyl groups excluding tert-OH is 1. The average molecular weight is 274 g/mol. The van der Waals surface area contributed by atoms with Gasteiger partial charge in [-0.05, 0) is 30.5 Å².